The minimum absolute atomic E-state index is 0.0327. The van der Waals surface area contributed by atoms with Crippen molar-refractivity contribution in [2.45, 2.75) is 12.8 Å². The van der Waals surface area contributed by atoms with E-state index < -0.39 is 0 Å². The SMILES string of the molecule is COCCN(C)C(=NO)N=C1/C(=C/c2cccc(O)c2)CCN1C(=O)Cc1ccc(F)cc1. The van der Waals surface area contributed by atoms with E-state index in [0.29, 0.717) is 37.5 Å². The van der Waals surface area contributed by atoms with Crippen LogP contribution in [0.1, 0.15) is 17.5 Å². The quantitative estimate of drug-likeness (QED) is 0.303. The van der Waals surface area contributed by atoms with Crippen molar-refractivity contribution >= 4 is 23.8 Å². The molecule has 0 aliphatic carbocycles. The monoisotopic (exact) mass is 454 g/mol. The normalized spacial score (nSPS) is 16.6. The average molecular weight is 455 g/mol. The molecule has 33 heavy (non-hydrogen) atoms. The van der Waals surface area contributed by atoms with Gasteiger partial charge in [-0.1, -0.05) is 24.3 Å². The zero-order chi connectivity index (χ0) is 23.8. The second-order valence-corrected chi connectivity index (χ2v) is 7.61. The molecule has 1 aliphatic rings. The molecule has 174 valence electrons. The summed E-state index contributed by atoms with van der Waals surface area (Å²) in [6, 6.07) is 12.5. The van der Waals surface area contributed by atoms with Crippen molar-refractivity contribution in [2.24, 2.45) is 10.1 Å². The van der Waals surface area contributed by atoms with Gasteiger partial charge in [-0.3, -0.25) is 9.69 Å². The van der Waals surface area contributed by atoms with Crippen LogP contribution in [0.2, 0.25) is 0 Å². The number of phenolic OH excluding ortho intramolecular Hbond substituents is 1. The Morgan fingerprint density at radius 3 is 2.70 bits per heavy atom. The molecule has 9 heteroatoms. The molecule has 1 amide bonds. The molecule has 1 heterocycles. The van der Waals surface area contributed by atoms with Gasteiger partial charge in [0.25, 0.3) is 5.96 Å². The first kappa shape index (κ1) is 23.9. The van der Waals surface area contributed by atoms with E-state index in [1.165, 1.54) is 17.0 Å². The maximum atomic E-state index is 13.2. The highest BCUT2D eigenvalue weighted by atomic mass is 19.1. The number of methoxy groups -OCH3 is 1. The molecule has 0 radical (unpaired) electrons. The number of likely N-dealkylation sites (N-methyl/N-ethyl adjacent to an activating group) is 1. The lowest BCUT2D eigenvalue weighted by Crippen LogP contribution is -2.36. The maximum absolute atomic E-state index is 13.2. The van der Waals surface area contributed by atoms with Gasteiger partial charge in [0.15, 0.2) is 0 Å². The Hall–Kier alpha value is -3.72. The summed E-state index contributed by atoms with van der Waals surface area (Å²) in [5.41, 5.74) is 2.19. The number of benzene rings is 2. The molecule has 1 fully saturated rings. The van der Waals surface area contributed by atoms with Crippen LogP contribution in [0.4, 0.5) is 4.39 Å². The van der Waals surface area contributed by atoms with E-state index in [2.05, 4.69) is 10.1 Å². The van der Waals surface area contributed by atoms with E-state index in [9.17, 15) is 19.5 Å². The van der Waals surface area contributed by atoms with E-state index in [-0.39, 0.29) is 29.9 Å². The number of nitrogens with zero attached hydrogens (tertiary/aromatic N) is 4. The lowest BCUT2D eigenvalue weighted by Gasteiger charge is -2.20. The lowest BCUT2D eigenvalue weighted by atomic mass is 10.1. The van der Waals surface area contributed by atoms with Crippen LogP contribution >= 0.6 is 0 Å². The van der Waals surface area contributed by atoms with E-state index in [0.717, 1.165) is 11.1 Å². The molecule has 0 unspecified atom stereocenters. The van der Waals surface area contributed by atoms with Gasteiger partial charge in [0, 0.05) is 27.2 Å². The standard InChI is InChI=1S/C24H27FN4O4/c1-28(12-13-33-2)24(27-32)26-23-19(14-18-4-3-5-21(30)15-18)10-11-29(23)22(31)16-17-6-8-20(25)9-7-17/h3-9,14-15,30,32H,10-13,16H2,1-2H3/b19-14+,26-23?,27-24?. The van der Waals surface area contributed by atoms with Crippen LogP contribution in [0.25, 0.3) is 6.08 Å². The molecule has 1 saturated heterocycles. The highest BCUT2D eigenvalue weighted by molar-refractivity contribution is 6.15. The topological polar surface area (TPSA) is 98.0 Å². The molecule has 2 aromatic carbocycles. The molecule has 1 aliphatic heterocycles. The predicted molar refractivity (Wildman–Crippen MR) is 124 cm³/mol. The lowest BCUT2D eigenvalue weighted by molar-refractivity contribution is -0.126. The number of hydrogen-bond acceptors (Lipinski definition) is 5. The van der Waals surface area contributed by atoms with Crippen molar-refractivity contribution in [3.8, 4) is 5.75 Å². The molecule has 2 aromatic rings. The molecule has 3 rings (SSSR count). The molecule has 0 spiro atoms. The Labute approximate surface area is 191 Å². The van der Waals surface area contributed by atoms with Gasteiger partial charge >= 0.3 is 0 Å². The number of likely N-dealkylation sites (tertiary alicyclic amines) is 1. The smallest absolute Gasteiger partial charge is 0.263 e. The van der Waals surface area contributed by atoms with Gasteiger partial charge in [0.2, 0.25) is 5.91 Å². The number of hydrogen-bond donors (Lipinski definition) is 2. The number of carbonyl (C=O) groups excluding carboxylic acids is 1. The van der Waals surface area contributed by atoms with E-state index in [1.807, 2.05) is 12.1 Å². The highest BCUT2D eigenvalue weighted by Crippen LogP contribution is 2.24. The van der Waals surface area contributed by atoms with Crippen LogP contribution in [0, 0.1) is 5.82 Å². The fraction of sp³-hybridized carbons (Fsp3) is 0.292. The maximum Gasteiger partial charge on any atom is 0.263 e. The van der Waals surface area contributed by atoms with E-state index in [4.69, 9.17) is 4.74 Å². The Kier molecular flexibility index (Phi) is 8.15. The minimum atomic E-state index is -0.367. The summed E-state index contributed by atoms with van der Waals surface area (Å²) in [6.45, 7) is 1.23. The summed E-state index contributed by atoms with van der Waals surface area (Å²) in [4.78, 5) is 20.8. The minimum Gasteiger partial charge on any atom is -0.508 e. The fourth-order valence-electron chi connectivity index (χ4n) is 3.43. The van der Waals surface area contributed by atoms with Crippen molar-refractivity contribution in [1.82, 2.24) is 9.80 Å². The third-order valence-electron chi connectivity index (χ3n) is 5.20. The van der Waals surface area contributed by atoms with Crippen LogP contribution < -0.4 is 0 Å². The number of ether oxygens (including phenoxy) is 1. The number of amidine groups is 1. The van der Waals surface area contributed by atoms with Crippen molar-refractivity contribution in [2.75, 3.05) is 33.9 Å². The number of rotatable bonds is 6. The fourth-order valence-corrected chi connectivity index (χ4v) is 3.43. The first-order chi connectivity index (χ1) is 15.9. The number of halogens is 1. The Balaban J connectivity index is 1.94. The largest absolute Gasteiger partial charge is 0.508 e. The van der Waals surface area contributed by atoms with Gasteiger partial charge < -0.3 is 20.0 Å². The zero-order valence-corrected chi connectivity index (χ0v) is 18.6. The van der Waals surface area contributed by atoms with E-state index >= 15 is 0 Å². The molecule has 0 saturated carbocycles. The summed E-state index contributed by atoms with van der Waals surface area (Å²) in [5, 5.41) is 22.7. The molecule has 0 atom stereocenters. The predicted octanol–water partition coefficient (Wildman–Crippen LogP) is 3.11. The molecular formula is C24H27FN4O4. The number of aromatic hydroxyl groups is 1. The van der Waals surface area contributed by atoms with Gasteiger partial charge in [-0.15, -0.1) is 0 Å². The first-order valence-electron chi connectivity index (χ1n) is 10.5. The molecule has 2 N–H and O–H groups in total. The number of carbonyl (C=O) groups is 1. The third-order valence-corrected chi connectivity index (χ3v) is 5.20. The van der Waals surface area contributed by atoms with Gasteiger partial charge in [-0.2, -0.15) is 4.99 Å². The summed E-state index contributed by atoms with van der Waals surface area (Å²) in [5.74, 6) is -0.0554. The van der Waals surface area contributed by atoms with Gasteiger partial charge in [-0.05, 0) is 58.6 Å². The Morgan fingerprint density at radius 1 is 1.27 bits per heavy atom. The van der Waals surface area contributed by atoms with Gasteiger partial charge in [-0.25, -0.2) is 4.39 Å². The molecule has 0 aromatic heterocycles. The van der Waals surface area contributed by atoms with Crippen molar-refractivity contribution in [3.63, 3.8) is 0 Å². The summed E-state index contributed by atoms with van der Waals surface area (Å²) >= 11 is 0. The Morgan fingerprint density at radius 2 is 2.03 bits per heavy atom. The van der Waals surface area contributed by atoms with Crippen molar-refractivity contribution < 1.29 is 24.2 Å². The molecule has 8 nitrogen and oxygen atoms in total. The van der Waals surface area contributed by atoms with Crippen molar-refractivity contribution in [1.29, 1.82) is 0 Å². The average Bonchev–Trinajstić information content (AvgIpc) is 3.19. The van der Waals surface area contributed by atoms with Crippen LogP contribution in [-0.4, -0.2) is 71.7 Å². The number of phenols is 1. The summed E-state index contributed by atoms with van der Waals surface area (Å²) in [6.07, 6.45) is 2.45. The van der Waals surface area contributed by atoms with E-state index in [1.54, 1.807) is 49.4 Å². The van der Waals surface area contributed by atoms with Crippen molar-refractivity contribution in [3.05, 3.63) is 71.0 Å². The third kappa shape index (κ3) is 6.39. The van der Waals surface area contributed by atoms with Gasteiger partial charge in [0.05, 0.1) is 13.0 Å². The summed E-state index contributed by atoms with van der Waals surface area (Å²) in [7, 11) is 3.27. The highest BCUT2D eigenvalue weighted by Gasteiger charge is 2.30. The first-order valence-corrected chi connectivity index (χ1v) is 10.5. The molecular weight excluding hydrogens is 427 g/mol. The van der Waals surface area contributed by atoms with Crippen LogP contribution in [-0.2, 0) is 16.0 Å². The summed E-state index contributed by atoms with van der Waals surface area (Å²) < 4.78 is 18.3. The Bertz CT molecular complexity index is 1070. The van der Waals surface area contributed by atoms with Crippen LogP contribution in [0.3, 0.4) is 0 Å². The second-order valence-electron chi connectivity index (χ2n) is 7.61. The zero-order valence-electron chi connectivity index (χ0n) is 18.6. The van der Waals surface area contributed by atoms with Gasteiger partial charge in [0.1, 0.15) is 17.4 Å². The number of amides is 1. The number of aliphatic imine (C=N–C) groups is 1. The number of guanidine groups is 1. The number of oxime groups is 1. The van der Waals surface area contributed by atoms with Crippen LogP contribution in [0.15, 0.2) is 64.3 Å². The molecule has 0 bridgehead atoms. The second kappa shape index (κ2) is 11.2. The van der Waals surface area contributed by atoms with Crippen LogP contribution in [0.5, 0.6) is 5.75 Å².